The molecule has 0 aromatic carbocycles. The minimum Gasteiger partial charge on any atom is -0.465 e. The van der Waals surface area contributed by atoms with Crippen LogP contribution in [0.25, 0.3) is 0 Å². The molecular weight excluding hydrogens is 240 g/mol. The summed E-state index contributed by atoms with van der Waals surface area (Å²) in [4.78, 5) is 9.74. The number of nitrogens with one attached hydrogen (secondary N) is 1. The van der Waals surface area contributed by atoms with Crippen molar-refractivity contribution in [3.8, 4) is 0 Å². The number of halogens is 2. The predicted octanol–water partition coefficient (Wildman–Crippen LogP) is 1.03. The first-order chi connectivity index (χ1) is 4.16. The van der Waals surface area contributed by atoms with Crippen LogP contribution in [0, 0.1) is 0 Å². The Balaban J connectivity index is 3.16. The van der Waals surface area contributed by atoms with Crippen LogP contribution in [0.1, 0.15) is 0 Å². The van der Waals surface area contributed by atoms with Gasteiger partial charge in [0.2, 0.25) is 0 Å². The highest BCUT2D eigenvalue weighted by atomic mass is 127. The van der Waals surface area contributed by atoms with Gasteiger partial charge in [0, 0.05) is 4.43 Å². The molecule has 0 aromatic rings. The smallest absolute Gasteiger partial charge is 0.404 e. The fourth-order valence-electron chi connectivity index (χ4n) is 0.253. The minimum absolute atomic E-state index is 0.113. The Bertz CT molecular complexity index is 101. The lowest BCUT2D eigenvalue weighted by Crippen LogP contribution is -2.29. The first-order valence-corrected chi connectivity index (χ1v) is 3.86. The zero-order valence-corrected chi connectivity index (χ0v) is 6.76. The summed E-state index contributed by atoms with van der Waals surface area (Å²) in [7, 11) is 0. The Kier molecular flexibility index (Phi) is 4.74. The van der Waals surface area contributed by atoms with Gasteiger partial charge in [0.1, 0.15) is 6.17 Å². The van der Waals surface area contributed by atoms with Gasteiger partial charge in [0.25, 0.3) is 0 Å². The molecule has 0 rings (SSSR count). The molecule has 0 unspecified atom stereocenters. The molecule has 0 aliphatic carbocycles. The molecule has 0 aromatic heterocycles. The third-order valence-electron chi connectivity index (χ3n) is 0.642. The van der Waals surface area contributed by atoms with E-state index in [-0.39, 0.29) is 6.54 Å². The number of carbonyl (C=O) groups is 1. The standard InChI is InChI=1S/C4H7FINO2/c5-3(1-6)2-7-4(8)9/h3,7H,1-2H2,(H,8,9)/t3-/m0/s1. The lowest BCUT2D eigenvalue weighted by Gasteiger charge is -2.01. The SMILES string of the molecule is O=C(O)NC[C@@H](F)CI. The Hall–Kier alpha value is -0.0700. The largest absolute Gasteiger partial charge is 0.465 e. The highest BCUT2D eigenvalue weighted by Crippen LogP contribution is 1.93. The molecule has 2 N–H and O–H groups in total. The molecule has 1 amide bonds. The van der Waals surface area contributed by atoms with Crippen molar-refractivity contribution < 1.29 is 14.3 Å². The van der Waals surface area contributed by atoms with Crippen LogP contribution in [0.4, 0.5) is 9.18 Å². The van der Waals surface area contributed by atoms with Crippen LogP contribution in [0.15, 0.2) is 0 Å². The van der Waals surface area contributed by atoms with Gasteiger partial charge in [-0.3, -0.25) is 0 Å². The van der Waals surface area contributed by atoms with E-state index in [9.17, 15) is 9.18 Å². The molecule has 1 atom stereocenters. The van der Waals surface area contributed by atoms with Crippen molar-refractivity contribution >= 4 is 28.7 Å². The summed E-state index contributed by atoms with van der Waals surface area (Å²) in [5, 5.41) is 9.91. The van der Waals surface area contributed by atoms with E-state index in [4.69, 9.17) is 5.11 Å². The van der Waals surface area contributed by atoms with Crippen molar-refractivity contribution in [2.75, 3.05) is 11.0 Å². The van der Waals surface area contributed by atoms with E-state index in [1.54, 1.807) is 0 Å². The Morgan fingerprint density at radius 3 is 2.78 bits per heavy atom. The molecule has 5 heteroatoms. The van der Waals surface area contributed by atoms with Gasteiger partial charge in [-0.15, -0.1) is 0 Å². The van der Waals surface area contributed by atoms with Gasteiger partial charge in [-0.1, -0.05) is 22.6 Å². The van der Waals surface area contributed by atoms with Gasteiger partial charge < -0.3 is 10.4 Å². The number of hydrogen-bond acceptors (Lipinski definition) is 1. The van der Waals surface area contributed by atoms with E-state index in [0.717, 1.165) is 0 Å². The van der Waals surface area contributed by atoms with Crippen molar-refractivity contribution in [2.45, 2.75) is 6.17 Å². The molecule has 0 spiro atoms. The molecule has 9 heavy (non-hydrogen) atoms. The maximum atomic E-state index is 12.2. The zero-order chi connectivity index (χ0) is 7.28. The quantitative estimate of drug-likeness (QED) is 0.578. The number of rotatable bonds is 3. The van der Waals surface area contributed by atoms with Crippen LogP contribution >= 0.6 is 22.6 Å². The molecule has 0 heterocycles. The van der Waals surface area contributed by atoms with Gasteiger partial charge in [0.15, 0.2) is 0 Å². The molecule has 0 aliphatic heterocycles. The summed E-state index contributed by atoms with van der Waals surface area (Å²) >= 11 is 1.85. The summed E-state index contributed by atoms with van der Waals surface area (Å²) in [6, 6.07) is 0. The van der Waals surface area contributed by atoms with Gasteiger partial charge in [-0.05, 0) is 0 Å². The Morgan fingerprint density at radius 2 is 2.44 bits per heavy atom. The second-order valence-corrected chi connectivity index (χ2v) is 2.32. The van der Waals surface area contributed by atoms with E-state index in [2.05, 4.69) is 0 Å². The normalized spacial score (nSPS) is 12.7. The third kappa shape index (κ3) is 5.81. The lowest BCUT2D eigenvalue weighted by atomic mass is 10.4. The fourth-order valence-corrected chi connectivity index (χ4v) is 0.564. The first kappa shape index (κ1) is 8.93. The lowest BCUT2D eigenvalue weighted by molar-refractivity contribution is 0.190. The van der Waals surface area contributed by atoms with Gasteiger partial charge >= 0.3 is 6.09 Å². The summed E-state index contributed by atoms with van der Waals surface area (Å²) in [5.41, 5.74) is 0. The molecule has 0 aliphatic rings. The molecule has 0 saturated carbocycles. The van der Waals surface area contributed by atoms with Gasteiger partial charge in [0.05, 0.1) is 6.54 Å². The van der Waals surface area contributed by atoms with E-state index in [1.807, 2.05) is 27.9 Å². The fraction of sp³-hybridized carbons (Fsp3) is 0.750. The maximum Gasteiger partial charge on any atom is 0.404 e. The number of amides is 1. The van der Waals surface area contributed by atoms with Crippen molar-refractivity contribution in [1.82, 2.24) is 5.32 Å². The van der Waals surface area contributed by atoms with Crippen LogP contribution in [-0.2, 0) is 0 Å². The molecule has 0 bridgehead atoms. The molecule has 3 nitrogen and oxygen atoms in total. The summed E-state index contributed by atoms with van der Waals surface area (Å²) < 4.78 is 12.5. The summed E-state index contributed by atoms with van der Waals surface area (Å²) in [5.74, 6) is 0. The first-order valence-electron chi connectivity index (χ1n) is 2.33. The number of hydrogen-bond donors (Lipinski definition) is 2. The average molecular weight is 247 g/mol. The number of carboxylic acid groups (broad SMARTS) is 1. The molecule has 0 fully saturated rings. The van der Waals surface area contributed by atoms with Gasteiger partial charge in [-0.2, -0.15) is 0 Å². The van der Waals surface area contributed by atoms with Crippen molar-refractivity contribution in [2.24, 2.45) is 0 Å². The van der Waals surface area contributed by atoms with E-state index < -0.39 is 12.3 Å². The van der Waals surface area contributed by atoms with Crippen molar-refractivity contribution in [3.63, 3.8) is 0 Å². The van der Waals surface area contributed by atoms with Crippen molar-refractivity contribution in [3.05, 3.63) is 0 Å². The van der Waals surface area contributed by atoms with Crippen LogP contribution in [-0.4, -0.2) is 28.3 Å². The second kappa shape index (κ2) is 4.78. The molecular formula is C4H7FINO2. The molecule has 54 valence electrons. The maximum absolute atomic E-state index is 12.2. The average Bonchev–Trinajstić information content (AvgIpc) is 1.83. The second-order valence-electron chi connectivity index (χ2n) is 1.44. The van der Waals surface area contributed by atoms with Crippen molar-refractivity contribution in [1.29, 1.82) is 0 Å². The van der Waals surface area contributed by atoms with Crippen LogP contribution in [0.2, 0.25) is 0 Å². The Morgan fingerprint density at radius 1 is 1.89 bits per heavy atom. The Labute approximate surface area is 65.8 Å². The topological polar surface area (TPSA) is 49.3 Å². The summed E-state index contributed by atoms with van der Waals surface area (Å²) in [6.45, 7) is -0.113. The van der Waals surface area contributed by atoms with E-state index in [0.29, 0.717) is 4.43 Å². The third-order valence-corrected chi connectivity index (χ3v) is 1.60. The van der Waals surface area contributed by atoms with E-state index in [1.165, 1.54) is 0 Å². The highest BCUT2D eigenvalue weighted by molar-refractivity contribution is 14.1. The minimum atomic E-state index is -1.18. The zero-order valence-electron chi connectivity index (χ0n) is 4.60. The predicted molar refractivity (Wildman–Crippen MR) is 39.8 cm³/mol. The molecule has 0 radical (unpaired) electrons. The monoisotopic (exact) mass is 247 g/mol. The van der Waals surface area contributed by atoms with Crippen LogP contribution in [0.3, 0.4) is 0 Å². The van der Waals surface area contributed by atoms with Crippen LogP contribution < -0.4 is 5.32 Å². The highest BCUT2D eigenvalue weighted by Gasteiger charge is 2.03. The number of alkyl halides is 2. The van der Waals surface area contributed by atoms with Gasteiger partial charge in [-0.25, -0.2) is 9.18 Å². The molecule has 0 saturated heterocycles. The summed E-state index contributed by atoms with van der Waals surface area (Å²) in [6.07, 6.45) is -2.25. The van der Waals surface area contributed by atoms with E-state index >= 15 is 0 Å². The van der Waals surface area contributed by atoms with Crippen LogP contribution in [0.5, 0.6) is 0 Å².